The summed E-state index contributed by atoms with van der Waals surface area (Å²) in [4.78, 5) is 33.8. The van der Waals surface area contributed by atoms with E-state index in [2.05, 4.69) is 29.6 Å². The van der Waals surface area contributed by atoms with Crippen molar-refractivity contribution in [1.29, 1.82) is 0 Å². The highest BCUT2D eigenvalue weighted by Gasteiger charge is 2.20. The Morgan fingerprint density at radius 3 is 2.50 bits per heavy atom. The van der Waals surface area contributed by atoms with E-state index in [0.717, 1.165) is 63.8 Å². The van der Waals surface area contributed by atoms with Crippen LogP contribution in [0.2, 0.25) is 0 Å². The maximum absolute atomic E-state index is 12.7. The second-order valence-corrected chi connectivity index (χ2v) is 6.41. The summed E-state index contributed by atoms with van der Waals surface area (Å²) in [6.07, 6.45) is 6.81. The lowest BCUT2D eigenvalue weighted by Gasteiger charge is -2.22. The lowest BCUT2D eigenvalue weighted by atomic mass is 10.2. The van der Waals surface area contributed by atoms with Crippen molar-refractivity contribution in [1.82, 2.24) is 34.5 Å². The smallest absolute Gasteiger partial charge is 0.290 e. The van der Waals surface area contributed by atoms with Crippen molar-refractivity contribution in [3.63, 3.8) is 0 Å². The minimum Gasteiger partial charge on any atom is -0.483 e. The SMILES string of the molecule is CCc1ncc(C(=O)N2CCCN(CCn3cnnc3C)CC2)cn1.O=CO. The van der Waals surface area contributed by atoms with E-state index in [1.807, 2.05) is 18.7 Å². The van der Waals surface area contributed by atoms with Crippen LogP contribution in [-0.2, 0) is 17.8 Å². The lowest BCUT2D eigenvalue weighted by Crippen LogP contribution is -2.36. The number of nitrogens with zero attached hydrogens (tertiary/aromatic N) is 7. The Hall–Kier alpha value is -2.88. The third-order valence-corrected chi connectivity index (χ3v) is 4.61. The zero-order valence-electron chi connectivity index (χ0n) is 16.4. The number of hydrogen-bond acceptors (Lipinski definition) is 7. The van der Waals surface area contributed by atoms with Gasteiger partial charge in [-0.05, 0) is 19.9 Å². The summed E-state index contributed by atoms with van der Waals surface area (Å²) in [6, 6.07) is 0. The van der Waals surface area contributed by atoms with E-state index >= 15 is 0 Å². The zero-order chi connectivity index (χ0) is 20.4. The average Bonchev–Trinajstić information content (AvgIpc) is 2.98. The van der Waals surface area contributed by atoms with Crippen LogP contribution in [0, 0.1) is 6.92 Å². The minimum absolute atomic E-state index is 0.0270. The molecule has 0 atom stereocenters. The number of aryl methyl sites for hydroxylation is 2. The van der Waals surface area contributed by atoms with Crippen LogP contribution >= 0.6 is 0 Å². The van der Waals surface area contributed by atoms with E-state index in [1.54, 1.807) is 18.7 Å². The molecule has 28 heavy (non-hydrogen) atoms. The van der Waals surface area contributed by atoms with Gasteiger partial charge in [0.25, 0.3) is 12.4 Å². The van der Waals surface area contributed by atoms with Crippen LogP contribution in [0.4, 0.5) is 0 Å². The van der Waals surface area contributed by atoms with Crippen molar-refractivity contribution in [3.8, 4) is 0 Å². The van der Waals surface area contributed by atoms with Crippen LogP contribution < -0.4 is 0 Å². The van der Waals surface area contributed by atoms with Gasteiger partial charge in [0.1, 0.15) is 18.0 Å². The maximum Gasteiger partial charge on any atom is 0.290 e. The fourth-order valence-corrected chi connectivity index (χ4v) is 3.01. The fourth-order valence-electron chi connectivity index (χ4n) is 3.01. The molecule has 0 bridgehead atoms. The van der Waals surface area contributed by atoms with Gasteiger partial charge in [0.05, 0.1) is 5.56 Å². The molecule has 10 heteroatoms. The van der Waals surface area contributed by atoms with Crippen molar-refractivity contribution in [2.45, 2.75) is 33.2 Å². The third-order valence-electron chi connectivity index (χ3n) is 4.61. The molecule has 0 unspecified atom stereocenters. The fraction of sp³-hybridized carbons (Fsp3) is 0.556. The molecule has 0 radical (unpaired) electrons. The highest BCUT2D eigenvalue weighted by molar-refractivity contribution is 5.93. The average molecular weight is 389 g/mol. The van der Waals surface area contributed by atoms with Gasteiger partial charge in [-0.1, -0.05) is 6.92 Å². The third kappa shape index (κ3) is 6.08. The first-order chi connectivity index (χ1) is 13.6. The topological polar surface area (TPSA) is 117 Å². The van der Waals surface area contributed by atoms with Gasteiger partial charge in [-0.15, -0.1) is 10.2 Å². The zero-order valence-corrected chi connectivity index (χ0v) is 16.4. The Labute approximate surface area is 164 Å². The molecular weight excluding hydrogens is 362 g/mol. The van der Waals surface area contributed by atoms with Crippen molar-refractivity contribution in [3.05, 3.63) is 35.9 Å². The normalized spacial score (nSPS) is 14.7. The molecule has 3 rings (SSSR count). The number of rotatable bonds is 5. The molecule has 0 spiro atoms. The van der Waals surface area contributed by atoms with Crippen LogP contribution in [-0.4, -0.2) is 84.7 Å². The van der Waals surface area contributed by atoms with Crippen LogP contribution in [0.1, 0.15) is 35.4 Å². The Balaban J connectivity index is 0.000000878. The van der Waals surface area contributed by atoms with Gasteiger partial charge in [0, 0.05) is 51.5 Å². The van der Waals surface area contributed by atoms with Gasteiger partial charge >= 0.3 is 0 Å². The van der Waals surface area contributed by atoms with E-state index in [-0.39, 0.29) is 12.4 Å². The number of amides is 1. The molecule has 0 aliphatic carbocycles. The summed E-state index contributed by atoms with van der Waals surface area (Å²) >= 11 is 0. The molecule has 2 aromatic heterocycles. The van der Waals surface area contributed by atoms with E-state index < -0.39 is 0 Å². The molecule has 1 amide bonds. The second-order valence-electron chi connectivity index (χ2n) is 6.41. The van der Waals surface area contributed by atoms with Gasteiger partial charge in [-0.2, -0.15) is 0 Å². The minimum atomic E-state index is -0.250. The number of carbonyl (C=O) groups is 2. The van der Waals surface area contributed by atoms with Gasteiger partial charge in [-0.25, -0.2) is 9.97 Å². The first-order valence-electron chi connectivity index (χ1n) is 9.33. The molecule has 1 fully saturated rings. The molecule has 1 saturated heterocycles. The maximum atomic E-state index is 12.7. The molecule has 1 aliphatic rings. The predicted octanol–water partition coefficient (Wildman–Crippen LogP) is 0.488. The quantitative estimate of drug-likeness (QED) is 0.734. The molecule has 1 N–H and O–H groups in total. The van der Waals surface area contributed by atoms with Crippen molar-refractivity contribution >= 4 is 12.4 Å². The largest absolute Gasteiger partial charge is 0.483 e. The van der Waals surface area contributed by atoms with Crippen LogP contribution in [0.5, 0.6) is 0 Å². The van der Waals surface area contributed by atoms with E-state index in [1.165, 1.54) is 0 Å². The standard InChI is InChI=1S/C17H25N7O.CH2O2/c1-3-16-18-11-15(12-19-16)17(25)23-6-4-5-22(7-9-23)8-10-24-13-20-21-14(24)2;2-1-3/h11-13H,3-10H2,1-2H3;1H,(H,2,3). The second kappa shape index (κ2) is 11.1. The first-order valence-corrected chi connectivity index (χ1v) is 9.33. The Kier molecular flexibility index (Phi) is 8.47. The summed E-state index contributed by atoms with van der Waals surface area (Å²) in [6.45, 7) is 8.90. The Morgan fingerprint density at radius 2 is 1.89 bits per heavy atom. The number of carboxylic acid groups (broad SMARTS) is 1. The predicted molar refractivity (Wildman–Crippen MR) is 102 cm³/mol. The molecule has 2 aromatic rings. The van der Waals surface area contributed by atoms with Gasteiger partial charge in [0.15, 0.2) is 0 Å². The molecule has 0 aromatic carbocycles. The lowest BCUT2D eigenvalue weighted by molar-refractivity contribution is -0.122. The molecule has 10 nitrogen and oxygen atoms in total. The van der Waals surface area contributed by atoms with Crippen LogP contribution in [0.25, 0.3) is 0 Å². The van der Waals surface area contributed by atoms with Crippen LogP contribution in [0.15, 0.2) is 18.7 Å². The van der Waals surface area contributed by atoms with Gasteiger partial charge < -0.3 is 14.6 Å². The van der Waals surface area contributed by atoms with Crippen molar-refractivity contribution < 1.29 is 14.7 Å². The highest BCUT2D eigenvalue weighted by atomic mass is 16.3. The monoisotopic (exact) mass is 389 g/mol. The molecular formula is C18H27N7O3. The molecule has 1 aliphatic heterocycles. The summed E-state index contributed by atoms with van der Waals surface area (Å²) < 4.78 is 2.06. The summed E-state index contributed by atoms with van der Waals surface area (Å²) in [5, 5.41) is 14.8. The summed E-state index contributed by atoms with van der Waals surface area (Å²) in [5.74, 6) is 1.73. The number of carbonyl (C=O) groups excluding carboxylic acids is 1. The molecule has 3 heterocycles. The highest BCUT2D eigenvalue weighted by Crippen LogP contribution is 2.09. The van der Waals surface area contributed by atoms with E-state index in [4.69, 9.17) is 9.90 Å². The van der Waals surface area contributed by atoms with Gasteiger partial charge in [-0.3, -0.25) is 14.5 Å². The first kappa shape index (κ1) is 21.4. The van der Waals surface area contributed by atoms with Gasteiger partial charge in [0.2, 0.25) is 0 Å². The number of aromatic nitrogens is 5. The molecule has 0 saturated carbocycles. The Morgan fingerprint density at radius 1 is 1.18 bits per heavy atom. The van der Waals surface area contributed by atoms with Crippen molar-refractivity contribution in [2.24, 2.45) is 0 Å². The number of hydrogen-bond donors (Lipinski definition) is 1. The van der Waals surface area contributed by atoms with E-state index in [0.29, 0.717) is 5.56 Å². The summed E-state index contributed by atoms with van der Waals surface area (Å²) in [5.41, 5.74) is 0.575. The van der Waals surface area contributed by atoms with Crippen molar-refractivity contribution in [2.75, 3.05) is 32.7 Å². The van der Waals surface area contributed by atoms with Crippen LogP contribution in [0.3, 0.4) is 0 Å². The Bertz CT molecular complexity index is 748. The summed E-state index contributed by atoms with van der Waals surface area (Å²) in [7, 11) is 0. The molecule has 152 valence electrons. The van der Waals surface area contributed by atoms with E-state index in [9.17, 15) is 4.79 Å².